The maximum atomic E-state index is 5.43. The first kappa shape index (κ1) is 13.8. The molecule has 20 heavy (non-hydrogen) atoms. The molecular formula is C16H24N2O2. The lowest BCUT2D eigenvalue weighted by atomic mass is 9.61. The third-order valence-electron chi connectivity index (χ3n) is 5.01. The van der Waals surface area contributed by atoms with Crippen molar-refractivity contribution >= 4 is 0 Å². The number of piperidine rings is 1. The van der Waals surface area contributed by atoms with Crippen molar-refractivity contribution in [2.45, 2.75) is 38.3 Å². The van der Waals surface area contributed by atoms with E-state index >= 15 is 0 Å². The van der Waals surface area contributed by atoms with Crippen LogP contribution >= 0.6 is 0 Å². The Morgan fingerprint density at radius 3 is 2.70 bits per heavy atom. The second-order valence-corrected chi connectivity index (χ2v) is 6.21. The van der Waals surface area contributed by atoms with Gasteiger partial charge in [0.05, 0.1) is 13.2 Å². The molecule has 0 atom stereocenters. The fourth-order valence-corrected chi connectivity index (χ4v) is 3.64. The maximum Gasteiger partial charge on any atom is 0.217 e. The van der Waals surface area contributed by atoms with Gasteiger partial charge >= 0.3 is 0 Å². The fourth-order valence-electron chi connectivity index (χ4n) is 3.64. The average molecular weight is 276 g/mol. The monoisotopic (exact) mass is 276 g/mol. The lowest BCUT2D eigenvalue weighted by Gasteiger charge is -2.51. The lowest BCUT2D eigenvalue weighted by molar-refractivity contribution is -0.0885. The van der Waals surface area contributed by atoms with Gasteiger partial charge in [-0.15, -0.1) is 0 Å². The number of nitrogens with zero attached hydrogens (tertiary/aromatic N) is 2. The Kier molecular flexibility index (Phi) is 3.94. The fraction of sp³-hybridized carbons (Fsp3) is 0.688. The van der Waals surface area contributed by atoms with Crippen LogP contribution in [0.2, 0.25) is 0 Å². The highest BCUT2D eigenvalue weighted by Crippen LogP contribution is 2.50. The normalized spacial score (nSPS) is 22.7. The Bertz CT molecular complexity index is 448. The van der Waals surface area contributed by atoms with E-state index < -0.39 is 0 Å². The summed E-state index contributed by atoms with van der Waals surface area (Å²) in [5.41, 5.74) is 1.77. The van der Waals surface area contributed by atoms with E-state index in [2.05, 4.69) is 16.0 Å². The number of hydrogen-bond acceptors (Lipinski definition) is 4. The Morgan fingerprint density at radius 2 is 2.05 bits per heavy atom. The molecule has 3 rings (SSSR count). The summed E-state index contributed by atoms with van der Waals surface area (Å²) in [5, 5.41) is 0. The Balaban J connectivity index is 1.54. The number of methoxy groups -OCH3 is 2. The third-order valence-corrected chi connectivity index (χ3v) is 5.01. The van der Waals surface area contributed by atoms with Gasteiger partial charge in [0, 0.05) is 25.4 Å². The molecule has 4 nitrogen and oxygen atoms in total. The summed E-state index contributed by atoms with van der Waals surface area (Å²) < 4.78 is 10.8. The van der Waals surface area contributed by atoms with Gasteiger partial charge in [0.15, 0.2) is 0 Å². The molecule has 0 unspecified atom stereocenters. The van der Waals surface area contributed by atoms with Crippen LogP contribution in [-0.4, -0.2) is 43.3 Å². The van der Waals surface area contributed by atoms with E-state index in [-0.39, 0.29) is 0 Å². The molecule has 2 heterocycles. The molecule has 1 saturated carbocycles. The molecule has 1 aromatic heterocycles. The molecule has 0 N–H and O–H groups in total. The highest BCUT2D eigenvalue weighted by molar-refractivity contribution is 5.25. The predicted octanol–water partition coefficient (Wildman–Crippen LogP) is 2.48. The molecular weight excluding hydrogens is 252 g/mol. The van der Waals surface area contributed by atoms with Crippen LogP contribution in [0.15, 0.2) is 18.3 Å². The molecule has 0 amide bonds. The van der Waals surface area contributed by atoms with Gasteiger partial charge in [-0.3, -0.25) is 4.90 Å². The van der Waals surface area contributed by atoms with Gasteiger partial charge in [-0.05, 0) is 50.3 Å². The number of rotatable bonds is 4. The summed E-state index contributed by atoms with van der Waals surface area (Å²) >= 11 is 0. The van der Waals surface area contributed by atoms with Crippen LogP contribution in [0.5, 0.6) is 5.88 Å². The lowest BCUT2D eigenvalue weighted by Crippen LogP contribution is -2.49. The van der Waals surface area contributed by atoms with Gasteiger partial charge in [0.2, 0.25) is 5.88 Å². The maximum absolute atomic E-state index is 5.43. The molecule has 1 aliphatic carbocycles. The molecule has 2 aliphatic rings. The van der Waals surface area contributed by atoms with E-state index in [0.717, 1.165) is 12.4 Å². The van der Waals surface area contributed by atoms with Crippen molar-refractivity contribution in [2.24, 2.45) is 5.41 Å². The molecule has 1 aliphatic heterocycles. The highest BCUT2D eigenvalue weighted by Gasteiger charge is 2.45. The van der Waals surface area contributed by atoms with E-state index in [1.807, 2.05) is 13.2 Å². The minimum atomic E-state index is 0.514. The van der Waals surface area contributed by atoms with Crippen LogP contribution in [0.3, 0.4) is 0 Å². The minimum Gasteiger partial charge on any atom is -0.481 e. The van der Waals surface area contributed by atoms with E-state index in [0.29, 0.717) is 11.5 Å². The van der Waals surface area contributed by atoms with Crippen LogP contribution < -0.4 is 4.74 Å². The molecule has 0 aromatic carbocycles. The van der Waals surface area contributed by atoms with Crippen LogP contribution in [0.1, 0.15) is 31.2 Å². The van der Waals surface area contributed by atoms with E-state index in [1.165, 1.54) is 44.3 Å². The van der Waals surface area contributed by atoms with Crippen molar-refractivity contribution in [3.8, 4) is 5.88 Å². The van der Waals surface area contributed by atoms with Crippen molar-refractivity contribution in [1.29, 1.82) is 0 Å². The van der Waals surface area contributed by atoms with Crippen LogP contribution in [0.25, 0.3) is 0 Å². The quantitative estimate of drug-likeness (QED) is 0.846. The molecule has 110 valence electrons. The summed E-state index contributed by atoms with van der Waals surface area (Å²) in [6.07, 6.45) is 7.42. The Labute approximate surface area is 121 Å². The molecule has 0 bridgehead atoms. The molecule has 2 fully saturated rings. The van der Waals surface area contributed by atoms with Crippen molar-refractivity contribution in [2.75, 3.05) is 27.3 Å². The standard InChI is InChI=1S/C16H24N2O2/c1-19-14-10-16(11-14)5-8-18(9-6-16)12-13-4-3-7-17-15(13)20-2/h3-4,7,14H,5-6,8-12H2,1-2H3. The molecule has 1 aromatic rings. The SMILES string of the molecule is COc1ncccc1CN1CCC2(CC1)CC(OC)C2. The number of pyridine rings is 1. The number of ether oxygens (including phenoxy) is 2. The third kappa shape index (κ3) is 2.67. The summed E-state index contributed by atoms with van der Waals surface area (Å²) in [5.74, 6) is 0.760. The molecule has 1 spiro atoms. The topological polar surface area (TPSA) is 34.6 Å². The first-order valence-electron chi connectivity index (χ1n) is 7.48. The van der Waals surface area contributed by atoms with Gasteiger partial charge in [0.25, 0.3) is 0 Å². The van der Waals surface area contributed by atoms with Crippen LogP contribution in [-0.2, 0) is 11.3 Å². The largest absolute Gasteiger partial charge is 0.481 e. The highest BCUT2D eigenvalue weighted by atomic mass is 16.5. The Morgan fingerprint density at radius 1 is 1.30 bits per heavy atom. The summed E-state index contributed by atoms with van der Waals surface area (Å²) in [6.45, 7) is 3.30. The Hall–Kier alpha value is -1.13. The van der Waals surface area contributed by atoms with Gasteiger partial charge < -0.3 is 9.47 Å². The van der Waals surface area contributed by atoms with E-state index in [1.54, 1.807) is 13.3 Å². The van der Waals surface area contributed by atoms with E-state index in [9.17, 15) is 0 Å². The smallest absolute Gasteiger partial charge is 0.217 e. The number of hydrogen-bond donors (Lipinski definition) is 0. The van der Waals surface area contributed by atoms with Crippen molar-refractivity contribution in [3.63, 3.8) is 0 Å². The van der Waals surface area contributed by atoms with Crippen molar-refractivity contribution < 1.29 is 9.47 Å². The van der Waals surface area contributed by atoms with Gasteiger partial charge in [0.1, 0.15) is 0 Å². The van der Waals surface area contributed by atoms with E-state index in [4.69, 9.17) is 9.47 Å². The number of aromatic nitrogens is 1. The predicted molar refractivity (Wildman–Crippen MR) is 77.8 cm³/mol. The van der Waals surface area contributed by atoms with Gasteiger partial charge in [-0.1, -0.05) is 6.07 Å². The second kappa shape index (κ2) is 5.70. The minimum absolute atomic E-state index is 0.514. The zero-order valence-electron chi connectivity index (χ0n) is 12.5. The van der Waals surface area contributed by atoms with Crippen LogP contribution in [0, 0.1) is 5.41 Å². The average Bonchev–Trinajstić information content (AvgIpc) is 2.46. The van der Waals surface area contributed by atoms with Crippen LogP contribution in [0.4, 0.5) is 0 Å². The molecule has 4 heteroatoms. The molecule has 1 saturated heterocycles. The first-order valence-corrected chi connectivity index (χ1v) is 7.48. The van der Waals surface area contributed by atoms with Crippen molar-refractivity contribution in [1.82, 2.24) is 9.88 Å². The first-order chi connectivity index (χ1) is 9.74. The zero-order valence-corrected chi connectivity index (χ0v) is 12.5. The summed E-state index contributed by atoms with van der Waals surface area (Å²) in [4.78, 5) is 6.79. The zero-order chi connectivity index (χ0) is 14.0. The van der Waals surface area contributed by atoms with Gasteiger partial charge in [-0.25, -0.2) is 4.98 Å². The summed E-state index contributed by atoms with van der Waals surface area (Å²) in [6, 6.07) is 4.10. The second-order valence-electron chi connectivity index (χ2n) is 6.21. The van der Waals surface area contributed by atoms with Crippen molar-refractivity contribution in [3.05, 3.63) is 23.9 Å². The molecule has 0 radical (unpaired) electrons. The van der Waals surface area contributed by atoms with Gasteiger partial charge in [-0.2, -0.15) is 0 Å². The number of likely N-dealkylation sites (tertiary alicyclic amines) is 1. The summed E-state index contributed by atoms with van der Waals surface area (Å²) in [7, 11) is 3.53.